The van der Waals surface area contributed by atoms with Crippen LogP contribution in [0.15, 0.2) is 42.5 Å². The molecule has 0 aliphatic carbocycles. The van der Waals surface area contributed by atoms with Crippen LogP contribution >= 0.6 is 0 Å². The minimum atomic E-state index is -0.994. The van der Waals surface area contributed by atoms with Gasteiger partial charge >= 0.3 is 5.97 Å². The SMILES string of the molecule is Cc1ccc(-c2cc(C(=O)O)cc(N3CCN(C)CC3=O)c2)cc1. The van der Waals surface area contributed by atoms with Crippen molar-refractivity contribution < 1.29 is 14.7 Å². The van der Waals surface area contributed by atoms with Gasteiger partial charge in [0.2, 0.25) is 5.91 Å². The van der Waals surface area contributed by atoms with Crippen LogP contribution in [0.5, 0.6) is 0 Å². The summed E-state index contributed by atoms with van der Waals surface area (Å²) in [7, 11) is 1.90. The summed E-state index contributed by atoms with van der Waals surface area (Å²) < 4.78 is 0. The molecule has 1 heterocycles. The molecule has 1 aliphatic rings. The number of aryl methyl sites for hydroxylation is 1. The van der Waals surface area contributed by atoms with Crippen LogP contribution in [0, 0.1) is 6.92 Å². The lowest BCUT2D eigenvalue weighted by molar-refractivity contribution is -0.120. The van der Waals surface area contributed by atoms with Crippen LogP contribution in [0.3, 0.4) is 0 Å². The summed E-state index contributed by atoms with van der Waals surface area (Å²) in [6, 6.07) is 13.0. The fourth-order valence-corrected chi connectivity index (χ4v) is 2.87. The number of carbonyl (C=O) groups excluding carboxylic acids is 1. The monoisotopic (exact) mass is 324 g/mol. The van der Waals surface area contributed by atoms with Gasteiger partial charge < -0.3 is 10.0 Å². The van der Waals surface area contributed by atoms with E-state index in [1.165, 1.54) is 0 Å². The van der Waals surface area contributed by atoms with Gasteiger partial charge in [0.25, 0.3) is 0 Å². The highest BCUT2D eigenvalue weighted by atomic mass is 16.4. The molecule has 1 amide bonds. The zero-order chi connectivity index (χ0) is 17.3. The average Bonchev–Trinajstić information content (AvgIpc) is 2.55. The standard InChI is InChI=1S/C19H20N2O3/c1-13-3-5-14(6-4-13)15-9-16(19(23)24)11-17(10-15)21-8-7-20(2)12-18(21)22/h3-6,9-11H,7-8,12H2,1-2H3,(H,23,24). The van der Waals surface area contributed by atoms with Gasteiger partial charge in [0, 0.05) is 18.8 Å². The minimum Gasteiger partial charge on any atom is -0.478 e. The predicted molar refractivity (Wildman–Crippen MR) is 93.4 cm³/mol. The van der Waals surface area contributed by atoms with E-state index in [9.17, 15) is 14.7 Å². The highest BCUT2D eigenvalue weighted by Crippen LogP contribution is 2.28. The van der Waals surface area contributed by atoms with Gasteiger partial charge in [0.05, 0.1) is 12.1 Å². The molecule has 0 bridgehead atoms. The number of piperazine rings is 1. The number of hydrogen-bond acceptors (Lipinski definition) is 3. The number of rotatable bonds is 3. The average molecular weight is 324 g/mol. The Kier molecular flexibility index (Phi) is 4.36. The molecule has 0 unspecified atom stereocenters. The molecule has 0 saturated carbocycles. The van der Waals surface area contributed by atoms with Crippen LogP contribution in [-0.2, 0) is 4.79 Å². The molecular formula is C19H20N2O3. The van der Waals surface area contributed by atoms with E-state index < -0.39 is 5.97 Å². The normalized spacial score (nSPS) is 15.6. The predicted octanol–water partition coefficient (Wildman–Crippen LogP) is 2.64. The van der Waals surface area contributed by atoms with Gasteiger partial charge in [-0.3, -0.25) is 9.69 Å². The number of aromatic carboxylic acids is 1. The molecule has 24 heavy (non-hydrogen) atoms. The molecule has 5 nitrogen and oxygen atoms in total. The molecule has 1 fully saturated rings. The molecular weight excluding hydrogens is 304 g/mol. The van der Waals surface area contributed by atoms with E-state index in [0.29, 0.717) is 18.8 Å². The second-order valence-electron chi connectivity index (χ2n) is 6.22. The summed E-state index contributed by atoms with van der Waals surface area (Å²) in [4.78, 5) is 27.4. The Morgan fingerprint density at radius 1 is 1.04 bits per heavy atom. The Balaban J connectivity index is 2.04. The van der Waals surface area contributed by atoms with Gasteiger partial charge in [-0.25, -0.2) is 4.79 Å². The van der Waals surface area contributed by atoms with Gasteiger partial charge in [0.15, 0.2) is 0 Å². The van der Waals surface area contributed by atoms with Gasteiger partial charge in [-0.1, -0.05) is 29.8 Å². The van der Waals surface area contributed by atoms with Gasteiger partial charge in [-0.05, 0) is 43.3 Å². The minimum absolute atomic E-state index is 0.0128. The first-order valence-corrected chi connectivity index (χ1v) is 7.88. The van der Waals surface area contributed by atoms with Crippen molar-refractivity contribution in [3.63, 3.8) is 0 Å². The Hall–Kier alpha value is -2.66. The molecule has 0 atom stereocenters. The Morgan fingerprint density at radius 2 is 1.75 bits per heavy atom. The second kappa shape index (κ2) is 6.45. The lowest BCUT2D eigenvalue weighted by atomic mass is 10.0. The summed E-state index contributed by atoms with van der Waals surface area (Å²) in [5, 5.41) is 9.42. The van der Waals surface area contributed by atoms with E-state index in [1.54, 1.807) is 17.0 Å². The van der Waals surface area contributed by atoms with Crippen LogP contribution in [0.25, 0.3) is 11.1 Å². The molecule has 1 aliphatic heterocycles. The molecule has 0 spiro atoms. The summed E-state index contributed by atoms with van der Waals surface area (Å²) in [5.74, 6) is -1.01. The molecule has 0 radical (unpaired) electrons. The van der Waals surface area contributed by atoms with Crippen molar-refractivity contribution in [3.05, 3.63) is 53.6 Å². The van der Waals surface area contributed by atoms with E-state index >= 15 is 0 Å². The first kappa shape index (κ1) is 16.2. The van der Waals surface area contributed by atoms with Gasteiger partial charge in [0.1, 0.15) is 0 Å². The largest absolute Gasteiger partial charge is 0.478 e. The third-order valence-electron chi connectivity index (χ3n) is 4.27. The van der Waals surface area contributed by atoms with Crippen molar-refractivity contribution in [2.24, 2.45) is 0 Å². The van der Waals surface area contributed by atoms with Gasteiger partial charge in [-0.2, -0.15) is 0 Å². The first-order chi connectivity index (χ1) is 11.4. The summed E-state index contributed by atoms with van der Waals surface area (Å²) in [5.41, 5.74) is 3.71. The van der Waals surface area contributed by atoms with E-state index in [-0.39, 0.29) is 11.5 Å². The molecule has 0 aromatic heterocycles. The van der Waals surface area contributed by atoms with Crippen LogP contribution in [0.4, 0.5) is 5.69 Å². The van der Waals surface area contributed by atoms with Crippen LogP contribution in [0.2, 0.25) is 0 Å². The number of hydrogen-bond donors (Lipinski definition) is 1. The number of carboxylic acids is 1. The Morgan fingerprint density at radius 3 is 2.38 bits per heavy atom. The smallest absolute Gasteiger partial charge is 0.335 e. The maximum absolute atomic E-state index is 12.3. The Bertz CT molecular complexity index is 784. The van der Waals surface area contributed by atoms with Crippen LogP contribution in [-0.4, -0.2) is 48.6 Å². The highest BCUT2D eigenvalue weighted by Gasteiger charge is 2.24. The third-order valence-corrected chi connectivity index (χ3v) is 4.27. The lowest BCUT2D eigenvalue weighted by Crippen LogP contribution is -2.48. The fraction of sp³-hybridized carbons (Fsp3) is 0.263. The van der Waals surface area contributed by atoms with E-state index in [2.05, 4.69) is 0 Å². The Labute approximate surface area is 141 Å². The first-order valence-electron chi connectivity index (χ1n) is 7.88. The van der Waals surface area contributed by atoms with Crippen molar-refractivity contribution in [3.8, 4) is 11.1 Å². The van der Waals surface area contributed by atoms with E-state index in [1.807, 2.05) is 49.2 Å². The molecule has 2 aromatic carbocycles. The summed E-state index contributed by atoms with van der Waals surface area (Å²) in [6.07, 6.45) is 0. The zero-order valence-electron chi connectivity index (χ0n) is 13.8. The number of carboxylic acid groups (broad SMARTS) is 1. The topological polar surface area (TPSA) is 60.9 Å². The quantitative estimate of drug-likeness (QED) is 0.943. The van der Waals surface area contributed by atoms with Crippen molar-refractivity contribution in [2.45, 2.75) is 6.92 Å². The number of likely N-dealkylation sites (N-methyl/N-ethyl adjacent to an activating group) is 1. The van der Waals surface area contributed by atoms with Crippen molar-refractivity contribution >= 4 is 17.6 Å². The van der Waals surface area contributed by atoms with Crippen molar-refractivity contribution in [1.82, 2.24) is 4.90 Å². The van der Waals surface area contributed by atoms with Crippen LogP contribution < -0.4 is 4.90 Å². The number of benzene rings is 2. The maximum Gasteiger partial charge on any atom is 0.335 e. The zero-order valence-corrected chi connectivity index (χ0v) is 13.8. The summed E-state index contributed by atoms with van der Waals surface area (Å²) >= 11 is 0. The number of carbonyl (C=O) groups is 2. The third kappa shape index (κ3) is 3.31. The number of anilines is 1. The molecule has 3 rings (SSSR count). The van der Waals surface area contributed by atoms with E-state index in [4.69, 9.17) is 0 Å². The highest BCUT2D eigenvalue weighted by molar-refractivity contribution is 5.98. The molecule has 5 heteroatoms. The molecule has 124 valence electrons. The van der Waals surface area contributed by atoms with Gasteiger partial charge in [-0.15, -0.1) is 0 Å². The summed E-state index contributed by atoms with van der Waals surface area (Å²) in [6.45, 7) is 3.68. The van der Waals surface area contributed by atoms with E-state index in [0.717, 1.165) is 23.2 Å². The fourth-order valence-electron chi connectivity index (χ4n) is 2.87. The van der Waals surface area contributed by atoms with Crippen molar-refractivity contribution in [1.29, 1.82) is 0 Å². The molecule has 1 saturated heterocycles. The number of amides is 1. The number of nitrogens with zero attached hydrogens (tertiary/aromatic N) is 2. The van der Waals surface area contributed by atoms with Crippen molar-refractivity contribution in [2.75, 3.05) is 31.6 Å². The molecule has 2 aromatic rings. The molecule has 1 N–H and O–H groups in total. The van der Waals surface area contributed by atoms with Crippen LogP contribution in [0.1, 0.15) is 15.9 Å². The lowest BCUT2D eigenvalue weighted by Gasteiger charge is -2.32. The second-order valence-corrected chi connectivity index (χ2v) is 6.22. The maximum atomic E-state index is 12.3.